The zero-order valence-electron chi connectivity index (χ0n) is 11.0. The van der Waals surface area contributed by atoms with Gasteiger partial charge in [0.15, 0.2) is 0 Å². The van der Waals surface area contributed by atoms with Crippen molar-refractivity contribution in [1.82, 2.24) is 4.90 Å². The van der Waals surface area contributed by atoms with E-state index in [2.05, 4.69) is 50.9 Å². The summed E-state index contributed by atoms with van der Waals surface area (Å²) in [5, 5.41) is 0. The SMILES string of the molecule is Cc1cccc(N2CCCN3CCCC3C2)c1Br. The van der Waals surface area contributed by atoms with Gasteiger partial charge in [-0.05, 0) is 60.3 Å². The Morgan fingerprint density at radius 2 is 2.00 bits per heavy atom. The Balaban J connectivity index is 1.85. The van der Waals surface area contributed by atoms with E-state index >= 15 is 0 Å². The molecule has 0 radical (unpaired) electrons. The van der Waals surface area contributed by atoms with E-state index in [-0.39, 0.29) is 0 Å². The van der Waals surface area contributed by atoms with Gasteiger partial charge in [0.25, 0.3) is 0 Å². The van der Waals surface area contributed by atoms with Gasteiger partial charge in [-0.15, -0.1) is 0 Å². The Kier molecular flexibility index (Phi) is 3.62. The molecule has 0 aliphatic carbocycles. The van der Waals surface area contributed by atoms with Crippen LogP contribution in [0.5, 0.6) is 0 Å². The number of hydrogen-bond acceptors (Lipinski definition) is 2. The lowest BCUT2D eigenvalue weighted by Gasteiger charge is -2.28. The van der Waals surface area contributed by atoms with Crippen molar-refractivity contribution >= 4 is 21.6 Å². The van der Waals surface area contributed by atoms with Crippen LogP contribution in [0.4, 0.5) is 5.69 Å². The first-order chi connectivity index (χ1) is 8.75. The number of anilines is 1. The highest BCUT2D eigenvalue weighted by Gasteiger charge is 2.29. The molecule has 2 nitrogen and oxygen atoms in total. The third-order valence-corrected chi connectivity index (χ3v) is 5.35. The maximum atomic E-state index is 3.76. The molecule has 98 valence electrons. The van der Waals surface area contributed by atoms with E-state index in [1.165, 1.54) is 61.2 Å². The minimum atomic E-state index is 0.778. The van der Waals surface area contributed by atoms with Crippen molar-refractivity contribution in [2.75, 3.05) is 31.1 Å². The second kappa shape index (κ2) is 5.22. The van der Waals surface area contributed by atoms with Crippen LogP contribution in [0.15, 0.2) is 22.7 Å². The predicted molar refractivity (Wildman–Crippen MR) is 80.3 cm³/mol. The number of benzene rings is 1. The van der Waals surface area contributed by atoms with Crippen molar-refractivity contribution in [2.24, 2.45) is 0 Å². The molecule has 2 fully saturated rings. The quantitative estimate of drug-likeness (QED) is 0.784. The summed E-state index contributed by atoms with van der Waals surface area (Å²) in [5.74, 6) is 0. The number of fused-ring (bicyclic) bond motifs is 1. The summed E-state index contributed by atoms with van der Waals surface area (Å²) in [6, 6.07) is 7.38. The van der Waals surface area contributed by atoms with E-state index in [4.69, 9.17) is 0 Å². The molecule has 2 aliphatic heterocycles. The van der Waals surface area contributed by atoms with E-state index in [1.807, 2.05) is 0 Å². The molecule has 0 bridgehead atoms. The molecule has 0 spiro atoms. The monoisotopic (exact) mass is 308 g/mol. The fraction of sp³-hybridized carbons (Fsp3) is 0.600. The molecule has 18 heavy (non-hydrogen) atoms. The average molecular weight is 309 g/mol. The van der Waals surface area contributed by atoms with Gasteiger partial charge in [-0.1, -0.05) is 12.1 Å². The molecule has 2 aliphatic rings. The van der Waals surface area contributed by atoms with Crippen LogP contribution >= 0.6 is 15.9 Å². The normalized spacial score (nSPS) is 25.0. The van der Waals surface area contributed by atoms with Crippen LogP contribution in [0.2, 0.25) is 0 Å². The van der Waals surface area contributed by atoms with E-state index in [0.29, 0.717) is 0 Å². The van der Waals surface area contributed by atoms with Crippen LogP contribution in [0.25, 0.3) is 0 Å². The number of aryl methyl sites for hydroxylation is 1. The zero-order chi connectivity index (χ0) is 12.5. The average Bonchev–Trinajstić information content (AvgIpc) is 2.70. The van der Waals surface area contributed by atoms with Crippen molar-refractivity contribution in [2.45, 2.75) is 32.2 Å². The molecule has 1 atom stereocenters. The molecule has 0 amide bonds. The van der Waals surface area contributed by atoms with Crippen LogP contribution in [-0.4, -0.2) is 37.1 Å². The molecule has 2 saturated heterocycles. The van der Waals surface area contributed by atoms with Gasteiger partial charge in [0.1, 0.15) is 0 Å². The van der Waals surface area contributed by atoms with E-state index in [1.54, 1.807) is 0 Å². The summed E-state index contributed by atoms with van der Waals surface area (Å²) in [5.41, 5.74) is 2.71. The predicted octanol–water partition coefficient (Wildman–Crippen LogP) is 3.43. The Bertz CT molecular complexity index is 433. The van der Waals surface area contributed by atoms with Crippen molar-refractivity contribution in [3.63, 3.8) is 0 Å². The zero-order valence-corrected chi connectivity index (χ0v) is 12.6. The van der Waals surface area contributed by atoms with Gasteiger partial charge in [-0.2, -0.15) is 0 Å². The second-order valence-electron chi connectivity index (χ2n) is 5.54. The molecule has 3 heteroatoms. The summed E-state index contributed by atoms with van der Waals surface area (Å²) >= 11 is 3.76. The van der Waals surface area contributed by atoms with Crippen LogP contribution < -0.4 is 4.90 Å². The maximum Gasteiger partial charge on any atom is 0.0513 e. The summed E-state index contributed by atoms with van der Waals surface area (Å²) in [7, 11) is 0. The fourth-order valence-corrected chi connectivity index (χ4v) is 3.82. The molecule has 3 rings (SSSR count). The highest BCUT2D eigenvalue weighted by molar-refractivity contribution is 9.10. The minimum Gasteiger partial charge on any atom is -0.369 e. The third kappa shape index (κ3) is 2.30. The smallest absolute Gasteiger partial charge is 0.0513 e. The molecule has 0 N–H and O–H groups in total. The van der Waals surface area contributed by atoms with Crippen molar-refractivity contribution in [3.05, 3.63) is 28.2 Å². The first kappa shape index (κ1) is 12.5. The molecule has 0 aromatic heterocycles. The number of nitrogens with zero attached hydrogens (tertiary/aromatic N) is 2. The lowest BCUT2D eigenvalue weighted by molar-refractivity contribution is 0.273. The van der Waals surface area contributed by atoms with Gasteiger partial charge in [0.2, 0.25) is 0 Å². The van der Waals surface area contributed by atoms with Gasteiger partial charge in [-0.3, -0.25) is 4.90 Å². The van der Waals surface area contributed by atoms with Crippen molar-refractivity contribution in [1.29, 1.82) is 0 Å². The molecular weight excluding hydrogens is 288 g/mol. The van der Waals surface area contributed by atoms with E-state index in [9.17, 15) is 0 Å². The van der Waals surface area contributed by atoms with Gasteiger partial charge in [-0.25, -0.2) is 0 Å². The molecule has 1 unspecified atom stereocenters. The van der Waals surface area contributed by atoms with Crippen LogP contribution in [-0.2, 0) is 0 Å². The number of hydrogen-bond donors (Lipinski definition) is 0. The third-order valence-electron chi connectivity index (χ3n) is 4.32. The Morgan fingerprint density at radius 3 is 2.89 bits per heavy atom. The summed E-state index contributed by atoms with van der Waals surface area (Å²) < 4.78 is 1.27. The first-order valence-electron chi connectivity index (χ1n) is 7.00. The van der Waals surface area contributed by atoms with Gasteiger partial charge in [0, 0.05) is 30.1 Å². The Hall–Kier alpha value is -0.540. The van der Waals surface area contributed by atoms with Crippen molar-refractivity contribution in [3.8, 4) is 0 Å². The van der Waals surface area contributed by atoms with Crippen LogP contribution in [0.3, 0.4) is 0 Å². The van der Waals surface area contributed by atoms with Gasteiger partial charge < -0.3 is 4.90 Å². The van der Waals surface area contributed by atoms with Crippen LogP contribution in [0, 0.1) is 6.92 Å². The van der Waals surface area contributed by atoms with Gasteiger partial charge >= 0.3 is 0 Å². The summed E-state index contributed by atoms with van der Waals surface area (Å²) in [6.07, 6.45) is 4.05. The molecule has 0 saturated carbocycles. The van der Waals surface area contributed by atoms with Crippen LogP contribution in [0.1, 0.15) is 24.8 Å². The Morgan fingerprint density at radius 1 is 1.17 bits per heavy atom. The molecular formula is C15H21BrN2. The number of halogens is 1. The lowest BCUT2D eigenvalue weighted by Crippen LogP contribution is -2.36. The summed E-state index contributed by atoms with van der Waals surface area (Å²) in [4.78, 5) is 5.26. The largest absolute Gasteiger partial charge is 0.369 e. The topological polar surface area (TPSA) is 6.48 Å². The highest BCUT2D eigenvalue weighted by atomic mass is 79.9. The fourth-order valence-electron chi connectivity index (χ4n) is 3.30. The summed E-state index contributed by atoms with van der Waals surface area (Å²) in [6.45, 7) is 7.16. The molecule has 1 aromatic rings. The number of rotatable bonds is 1. The first-order valence-corrected chi connectivity index (χ1v) is 7.79. The standard InChI is InChI=1S/C15H21BrN2/c1-12-5-2-7-14(15(12)16)18-10-4-9-17-8-3-6-13(17)11-18/h2,5,7,13H,3-4,6,8-11H2,1H3. The van der Waals surface area contributed by atoms with Gasteiger partial charge in [0.05, 0.1) is 5.69 Å². The molecule has 1 aromatic carbocycles. The van der Waals surface area contributed by atoms with E-state index in [0.717, 1.165) is 6.04 Å². The maximum absolute atomic E-state index is 3.76. The Labute approximate surface area is 118 Å². The molecule has 2 heterocycles. The second-order valence-corrected chi connectivity index (χ2v) is 6.33. The highest BCUT2D eigenvalue weighted by Crippen LogP contribution is 2.32. The van der Waals surface area contributed by atoms with Crippen molar-refractivity contribution < 1.29 is 0 Å². The lowest BCUT2D eigenvalue weighted by atomic mass is 10.1. The van der Waals surface area contributed by atoms with E-state index < -0.39 is 0 Å². The minimum absolute atomic E-state index is 0.778.